The van der Waals surface area contributed by atoms with Crippen molar-refractivity contribution in [2.45, 2.75) is 45.3 Å². The van der Waals surface area contributed by atoms with Gasteiger partial charge in [0.2, 0.25) is 0 Å². The Labute approximate surface area is 123 Å². The second kappa shape index (κ2) is 5.55. The van der Waals surface area contributed by atoms with Crippen LogP contribution >= 0.6 is 0 Å². The number of aromatic nitrogens is 2. The van der Waals surface area contributed by atoms with Crippen LogP contribution in [0.1, 0.15) is 33.1 Å². The van der Waals surface area contributed by atoms with E-state index in [2.05, 4.69) is 0 Å². The number of nitrogens with zero attached hydrogens (tertiary/aromatic N) is 3. The smallest absolute Gasteiger partial charge is 0.332 e. The molecule has 118 valence electrons. The number of β-amino-alcohol motifs (C(OH)–C–C–N with tert-alkyl or cyclic N) is 1. The van der Waals surface area contributed by atoms with Gasteiger partial charge < -0.3 is 15.7 Å². The van der Waals surface area contributed by atoms with Gasteiger partial charge >= 0.3 is 5.69 Å². The van der Waals surface area contributed by atoms with Crippen molar-refractivity contribution in [3.8, 4) is 0 Å². The maximum Gasteiger partial charge on any atom is 0.332 e. The summed E-state index contributed by atoms with van der Waals surface area (Å²) in [5, 5.41) is 10.1. The highest BCUT2D eigenvalue weighted by Crippen LogP contribution is 2.27. The van der Waals surface area contributed by atoms with Crippen LogP contribution in [-0.4, -0.2) is 32.9 Å². The van der Waals surface area contributed by atoms with Crippen molar-refractivity contribution in [1.82, 2.24) is 9.13 Å². The summed E-state index contributed by atoms with van der Waals surface area (Å²) < 4.78 is 2.54. The number of aliphatic hydroxyl groups is 1. The molecule has 2 rings (SSSR count). The van der Waals surface area contributed by atoms with Gasteiger partial charge in [0.1, 0.15) is 11.5 Å². The second-order valence-electron chi connectivity index (χ2n) is 6.05. The Morgan fingerprint density at radius 3 is 2.57 bits per heavy atom. The largest absolute Gasteiger partial charge is 0.388 e. The third-order valence-electron chi connectivity index (χ3n) is 4.06. The molecule has 1 aromatic heterocycles. The van der Waals surface area contributed by atoms with Crippen molar-refractivity contribution in [3.63, 3.8) is 0 Å². The number of nitrogen functional groups attached to an aromatic ring is 1. The number of unbranched alkanes of at least 4 members (excludes halogenated alkanes) is 1. The molecule has 0 amide bonds. The average molecular weight is 296 g/mol. The van der Waals surface area contributed by atoms with Crippen LogP contribution in [0.15, 0.2) is 9.59 Å². The van der Waals surface area contributed by atoms with Crippen LogP contribution in [0, 0.1) is 0 Å². The molecule has 0 radical (unpaired) electrons. The van der Waals surface area contributed by atoms with E-state index >= 15 is 0 Å². The predicted molar refractivity (Wildman–Crippen MR) is 82.7 cm³/mol. The zero-order chi connectivity index (χ0) is 15.8. The first-order valence-corrected chi connectivity index (χ1v) is 7.35. The Morgan fingerprint density at radius 1 is 1.38 bits per heavy atom. The molecule has 7 nitrogen and oxygen atoms in total. The summed E-state index contributed by atoms with van der Waals surface area (Å²) in [6.45, 7) is 5.16. The molecule has 0 aliphatic carbocycles. The van der Waals surface area contributed by atoms with Gasteiger partial charge in [-0.1, -0.05) is 13.3 Å². The van der Waals surface area contributed by atoms with Gasteiger partial charge in [-0.2, -0.15) is 0 Å². The lowest BCUT2D eigenvalue weighted by Crippen LogP contribution is -2.43. The molecule has 1 fully saturated rings. The fraction of sp³-hybridized carbons (Fsp3) is 0.714. The van der Waals surface area contributed by atoms with Crippen LogP contribution in [0.2, 0.25) is 0 Å². The highest BCUT2D eigenvalue weighted by molar-refractivity contribution is 5.63. The molecule has 1 atom stereocenters. The van der Waals surface area contributed by atoms with E-state index in [4.69, 9.17) is 5.73 Å². The van der Waals surface area contributed by atoms with Gasteiger partial charge in [0, 0.05) is 26.7 Å². The Kier molecular flexibility index (Phi) is 4.13. The number of rotatable bonds is 4. The Balaban J connectivity index is 2.53. The fourth-order valence-corrected chi connectivity index (χ4v) is 2.73. The molecule has 7 heteroatoms. The van der Waals surface area contributed by atoms with Gasteiger partial charge in [-0.25, -0.2) is 4.79 Å². The summed E-state index contributed by atoms with van der Waals surface area (Å²) in [7, 11) is 1.46. The molecular formula is C14H24N4O3. The van der Waals surface area contributed by atoms with Crippen molar-refractivity contribution >= 4 is 11.5 Å². The molecule has 2 heterocycles. The van der Waals surface area contributed by atoms with Gasteiger partial charge in [-0.3, -0.25) is 13.9 Å². The third kappa shape index (κ3) is 2.83. The Morgan fingerprint density at radius 2 is 2.05 bits per heavy atom. The van der Waals surface area contributed by atoms with Gasteiger partial charge in [0.05, 0.1) is 5.60 Å². The molecule has 1 unspecified atom stereocenters. The summed E-state index contributed by atoms with van der Waals surface area (Å²) in [6.07, 6.45) is 2.33. The lowest BCUT2D eigenvalue weighted by atomic mass is 10.1. The molecule has 1 aliphatic heterocycles. The minimum Gasteiger partial charge on any atom is -0.388 e. The maximum atomic E-state index is 12.4. The second-order valence-corrected chi connectivity index (χ2v) is 6.05. The molecule has 21 heavy (non-hydrogen) atoms. The number of nitrogens with two attached hydrogens (primary N) is 1. The van der Waals surface area contributed by atoms with Crippen LogP contribution < -0.4 is 21.9 Å². The van der Waals surface area contributed by atoms with E-state index < -0.39 is 11.2 Å². The first-order valence-electron chi connectivity index (χ1n) is 7.35. The number of anilines is 2. The first-order chi connectivity index (χ1) is 9.78. The van der Waals surface area contributed by atoms with Gasteiger partial charge in [0.25, 0.3) is 5.56 Å². The summed E-state index contributed by atoms with van der Waals surface area (Å²) in [5.41, 5.74) is 4.79. The van der Waals surface area contributed by atoms with E-state index in [1.807, 2.05) is 6.92 Å². The van der Waals surface area contributed by atoms with Crippen molar-refractivity contribution in [2.24, 2.45) is 7.05 Å². The van der Waals surface area contributed by atoms with E-state index in [0.717, 1.165) is 17.4 Å². The number of hydrogen-bond donors (Lipinski definition) is 2. The zero-order valence-electron chi connectivity index (χ0n) is 12.9. The standard InChI is InChI=1S/C14H24N4O3/c1-4-5-7-18-11(15)10(12(19)16(3)13(18)20)17-8-6-14(2,21)9-17/h21H,4-9,15H2,1-3H3. The van der Waals surface area contributed by atoms with E-state index in [1.54, 1.807) is 11.8 Å². The van der Waals surface area contributed by atoms with E-state index in [-0.39, 0.29) is 11.5 Å². The normalized spacial score (nSPS) is 22.0. The first kappa shape index (κ1) is 15.6. The molecule has 1 aromatic rings. The van der Waals surface area contributed by atoms with Crippen molar-refractivity contribution in [3.05, 3.63) is 20.8 Å². The lowest BCUT2D eigenvalue weighted by molar-refractivity contribution is 0.0839. The summed E-state index contributed by atoms with van der Waals surface area (Å²) in [5.74, 6) is 0.203. The lowest BCUT2D eigenvalue weighted by Gasteiger charge is -2.23. The van der Waals surface area contributed by atoms with Crippen molar-refractivity contribution < 1.29 is 5.11 Å². The molecular weight excluding hydrogens is 272 g/mol. The molecule has 0 bridgehead atoms. The van der Waals surface area contributed by atoms with Crippen LogP contribution in [-0.2, 0) is 13.6 Å². The molecule has 1 aliphatic rings. The number of hydrogen-bond acceptors (Lipinski definition) is 5. The van der Waals surface area contributed by atoms with Gasteiger partial charge in [-0.15, -0.1) is 0 Å². The van der Waals surface area contributed by atoms with Crippen LogP contribution in [0.25, 0.3) is 0 Å². The molecule has 0 spiro atoms. The SMILES string of the molecule is CCCCn1c(N)c(N2CCC(C)(O)C2)c(=O)n(C)c1=O. The van der Waals surface area contributed by atoms with Gasteiger partial charge in [-0.05, 0) is 19.8 Å². The molecule has 0 saturated carbocycles. The van der Waals surface area contributed by atoms with Gasteiger partial charge in [0.15, 0.2) is 0 Å². The van der Waals surface area contributed by atoms with E-state index in [0.29, 0.717) is 31.7 Å². The zero-order valence-corrected chi connectivity index (χ0v) is 12.9. The fourth-order valence-electron chi connectivity index (χ4n) is 2.73. The predicted octanol–water partition coefficient (Wildman–Crippen LogP) is -0.110. The minimum atomic E-state index is -0.832. The Hall–Kier alpha value is -1.76. The highest BCUT2D eigenvalue weighted by Gasteiger charge is 2.34. The van der Waals surface area contributed by atoms with Crippen LogP contribution in [0.3, 0.4) is 0 Å². The maximum absolute atomic E-state index is 12.4. The highest BCUT2D eigenvalue weighted by atomic mass is 16.3. The monoisotopic (exact) mass is 296 g/mol. The minimum absolute atomic E-state index is 0.203. The molecule has 1 saturated heterocycles. The topological polar surface area (TPSA) is 93.5 Å². The van der Waals surface area contributed by atoms with Crippen LogP contribution in [0.4, 0.5) is 11.5 Å². The summed E-state index contributed by atoms with van der Waals surface area (Å²) in [4.78, 5) is 26.3. The third-order valence-corrected chi connectivity index (χ3v) is 4.06. The Bertz CT molecular complexity index is 645. The summed E-state index contributed by atoms with van der Waals surface area (Å²) >= 11 is 0. The quantitative estimate of drug-likeness (QED) is 0.808. The van der Waals surface area contributed by atoms with Crippen molar-refractivity contribution in [1.29, 1.82) is 0 Å². The average Bonchev–Trinajstić information content (AvgIpc) is 2.77. The van der Waals surface area contributed by atoms with Crippen LogP contribution in [0.5, 0.6) is 0 Å². The van der Waals surface area contributed by atoms with E-state index in [1.165, 1.54) is 11.6 Å². The van der Waals surface area contributed by atoms with E-state index in [9.17, 15) is 14.7 Å². The molecule has 0 aromatic carbocycles. The summed E-state index contributed by atoms with van der Waals surface area (Å²) in [6, 6.07) is 0. The van der Waals surface area contributed by atoms with Crippen molar-refractivity contribution in [2.75, 3.05) is 23.7 Å². The molecule has 3 N–H and O–H groups in total.